The van der Waals surface area contributed by atoms with E-state index in [9.17, 15) is 8.42 Å². The van der Waals surface area contributed by atoms with Gasteiger partial charge in [0.25, 0.3) is 10.2 Å². The molecule has 0 spiro atoms. The van der Waals surface area contributed by atoms with Crippen molar-refractivity contribution in [2.24, 2.45) is 0 Å². The van der Waals surface area contributed by atoms with E-state index in [2.05, 4.69) is 14.8 Å². The van der Waals surface area contributed by atoms with E-state index in [-0.39, 0.29) is 12.1 Å². The highest BCUT2D eigenvalue weighted by Gasteiger charge is 2.26. The Hall–Kier alpha value is -0.210. The van der Waals surface area contributed by atoms with E-state index in [1.807, 2.05) is 0 Å². The highest BCUT2D eigenvalue weighted by molar-refractivity contribution is 7.87. The lowest BCUT2D eigenvalue weighted by Gasteiger charge is -2.22. The largest absolute Gasteiger partial charge is 0.377 e. The normalized spacial score (nSPS) is 22.8. The molecule has 0 atom stereocenters. The molecular weight excluding hydrogens is 242 g/mol. The fourth-order valence-corrected chi connectivity index (χ4v) is 2.94. The lowest BCUT2D eigenvalue weighted by molar-refractivity contribution is 0.0366. The van der Waals surface area contributed by atoms with Gasteiger partial charge in [-0.05, 0) is 38.8 Å². The molecule has 1 aliphatic heterocycles. The van der Waals surface area contributed by atoms with Crippen LogP contribution in [0.15, 0.2) is 0 Å². The van der Waals surface area contributed by atoms with Gasteiger partial charge in [-0.15, -0.1) is 0 Å². The third-order valence-corrected chi connectivity index (χ3v) is 4.16. The van der Waals surface area contributed by atoms with Gasteiger partial charge >= 0.3 is 0 Å². The highest BCUT2D eigenvalue weighted by Crippen LogP contribution is 2.19. The molecule has 6 nitrogen and oxygen atoms in total. The van der Waals surface area contributed by atoms with Crippen molar-refractivity contribution in [3.8, 4) is 0 Å². The summed E-state index contributed by atoms with van der Waals surface area (Å²) in [6, 6.07) is 0.151. The average molecular weight is 263 g/mol. The van der Waals surface area contributed by atoms with Gasteiger partial charge in [-0.25, -0.2) is 0 Å². The number of nitrogens with one attached hydrogen (secondary N) is 3. The highest BCUT2D eigenvalue weighted by atomic mass is 32.2. The van der Waals surface area contributed by atoms with Crippen molar-refractivity contribution in [1.82, 2.24) is 14.8 Å². The molecule has 2 fully saturated rings. The van der Waals surface area contributed by atoms with Crippen LogP contribution in [0, 0.1) is 0 Å². The maximum Gasteiger partial charge on any atom is 0.277 e. The zero-order valence-corrected chi connectivity index (χ0v) is 10.8. The second-order valence-electron chi connectivity index (χ2n) is 4.61. The van der Waals surface area contributed by atoms with Gasteiger partial charge in [0.2, 0.25) is 0 Å². The molecule has 1 saturated carbocycles. The lowest BCUT2D eigenvalue weighted by Crippen LogP contribution is -2.40. The summed E-state index contributed by atoms with van der Waals surface area (Å²) in [7, 11) is -3.31. The zero-order chi connectivity index (χ0) is 12.1. The summed E-state index contributed by atoms with van der Waals surface area (Å²) in [5.74, 6) is 0. The third-order valence-electron chi connectivity index (χ3n) is 2.93. The lowest BCUT2D eigenvalue weighted by atomic mass is 10.1. The van der Waals surface area contributed by atoms with Crippen LogP contribution in [0.1, 0.15) is 25.7 Å². The van der Waals surface area contributed by atoms with Crippen LogP contribution in [0.5, 0.6) is 0 Å². The van der Waals surface area contributed by atoms with Gasteiger partial charge < -0.3 is 10.1 Å². The molecule has 0 aromatic carbocycles. The minimum Gasteiger partial charge on any atom is -0.377 e. The molecule has 17 heavy (non-hydrogen) atoms. The second-order valence-corrected chi connectivity index (χ2v) is 6.14. The summed E-state index contributed by atoms with van der Waals surface area (Å²) in [5.41, 5.74) is 0. The van der Waals surface area contributed by atoms with Crippen LogP contribution >= 0.6 is 0 Å². The first-order valence-corrected chi connectivity index (χ1v) is 7.73. The molecule has 0 amide bonds. The van der Waals surface area contributed by atoms with E-state index in [1.165, 1.54) is 0 Å². The van der Waals surface area contributed by atoms with Gasteiger partial charge in [-0.3, -0.25) is 0 Å². The van der Waals surface area contributed by atoms with Crippen LogP contribution in [0.2, 0.25) is 0 Å². The van der Waals surface area contributed by atoms with Crippen molar-refractivity contribution < 1.29 is 13.2 Å². The summed E-state index contributed by atoms with van der Waals surface area (Å²) in [4.78, 5) is 0. The number of hydrogen-bond acceptors (Lipinski definition) is 4. The van der Waals surface area contributed by atoms with Gasteiger partial charge in [0.05, 0.1) is 12.7 Å². The quantitative estimate of drug-likeness (QED) is 0.533. The van der Waals surface area contributed by atoms with Crippen molar-refractivity contribution in [2.45, 2.75) is 37.8 Å². The maximum absolute atomic E-state index is 11.4. The van der Waals surface area contributed by atoms with Crippen molar-refractivity contribution in [3.05, 3.63) is 0 Å². The van der Waals surface area contributed by atoms with Crippen molar-refractivity contribution in [2.75, 3.05) is 26.2 Å². The molecule has 0 bridgehead atoms. The van der Waals surface area contributed by atoms with E-state index >= 15 is 0 Å². The summed E-state index contributed by atoms with van der Waals surface area (Å²) in [6.07, 6.45) is 4.19. The minimum absolute atomic E-state index is 0.151. The molecule has 7 heteroatoms. The van der Waals surface area contributed by atoms with Crippen LogP contribution in [0.3, 0.4) is 0 Å². The summed E-state index contributed by atoms with van der Waals surface area (Å²) in [6.45, 7) is 2.75. The fourth-order valence-electron chi connectivity index (χ4n) is 1.83. The summed E-state index contributed by atoms with van der Waals surface area (Å²) >= 11 is 0. The first-order valence-electron chi connectivity index (χ1n) is 6.25. The fraction of sp³-hybridized carbons (Fsp3) is 1.00. The molecule has 3 N–H and O–H groups in total. The van der Waals surface area contributed by atoms with E-state index < -0.39 is 10.2 Å². The van der Waals surface area contributed by atoms with Gasteiger partial charge in [-0.1, -0.05) is 0 Å². The van der Waals surface area contributed by atoms with Gasteiger partial charge in [-0.2, -0.15) is 17.9 Å². The summed E-state index contributed by atoms with van der Waals surface area (Å²) < 4.78 is 33.5. The Morgan fingerprint density at radius 2 is 1.88 bits per heavy atom. The van der Waals surface area contributed by atoms with Gasteiger partial charge in [0, 0.05) is 12.6 Å². The molecule has 1 heterocycles. The third kappa shape index (κ3) is 5.31. The smallest absolute Gasteiger partial charge is 0.277 e. The first kappa shape index (κ1) is 13.2. The Morgan fingerprint density at radius 1 is 1.18 bits per heavy atom. The molecule has 0 unspecified atom stereocenters. The Morgan fingerprint density at radius 3 is 2.53 bits per heavy atom. The molecular formula is C10H21N3O3S. The molecule has 0 aromatic heterocycles. The van der Waals surface area contributed by atoms with Crippen molar-refractivity contribution in [3.63, 3.8) is 0 Å². The second kappa shape index (κ2) is 6.10. The molecule has 1 saturated heterocycles. The summed E-state index contributed by atoms with van der Waals surface area (Å²) in [5, 5.41) is 3.26. The first-order chi connectivity index (χ1) is 8.16. The molecule has 0 aromatic rings. The topological polar surface area (TPSA) is 79.5 Å². The molecule has 0 radical (unpaired) electrons. The predicted molar refractivity (Wildman–Crippen MR) is 64.9 cm³/mol. The van der Waals surface area contributed by atoms with Crippen molar-refractivity contribution in [1.29, 1.82) is 0 Å². The van der Waals surface area contributed by atoms with E-state index in [0.29, 0.717) is 13.2 Å². The van der Waals surface area contributed by atoms with Crippen LogP contribution < -0.4 is 14.8 Å². The van der Waals surface area contributed by atoms with Crippen LogP contribution in [-0.4, -0.2) is 46.8 Å². The van der Waals surface area contributed by atoms with Crippen LogP contribution in [0.4, 0.5) is 0 Å². The minimum atomic E-state index is -3.31. The number of hydrogen-bond donors (Lipinski definition) is 3. The monoisotopic (exact) mass is 263 g/mol. The van der Waals surface area contributed by atoms with Crippen LogP contribution in [-0.2, 0) is 14.9 Å². The standard InChI is InChI=1S/C10H21N3O3S/c14-17(15,13-9-1-2-9)12-7-8-16-10-3-5-11-6-4-10/h9-13H,1-8H2. The van der Waals surface area contributed by atoms with Crippen LogP contribution in [0.25, 0.3) is 0 Å². The number of piperidine rings is 1. The zero-order valence-electron chi connectivity index (χ0n) is 9.94. The van der Waals surface area contributed by atoms with E-state index in [4.69, 9.17) is 4.74 Å². The Balaban J connectivity index is 1.55. The molecule has 100 valence electrons. The molecule has 2 rings (SSSR count). The van der Waals surface area contributed by atoms with Gasteiger partial charge in [0.15, 0.2) is 0 Å². The van der Waals surface area contributed by atoms with E-state index in [0.717, 1.165) is 38.8 Å². The number of ether oxygens (including phenoxy) is 1. The van der Waals surface area contributed by atoms with Gasteiger partial charge in [0.1, 0.15) is 0 Å². The Bertz CT molecular complexity index is 324. The Labute approximate surface area is 103 Å². The predicted octanol–water partition coefficient (Wildman–Crippen LogP) is -0.659. The van der Waals surface area contributed by atoms with Crippen molar-refractivity contribution >= 4 is 10.2 Å². The maximum atomic E-state index is 11.4. The molecule has 1 aliphatic carbocycles. The molecule has 2 aliphatic rings. The average Bonchev–Trinajstić information content (AvgIpc) is 3.09. The SMILES string of the molecule is O=S(=O)(NCCOC1CCNCC1)NC1CC1. The Kier molecular flexibility index (Phi) is 4.75. The number of rotatable bonds is 7. The van der Waals surface area contributed by atoms with E-state index in [1.54, 1.807) is 0 Å².